The standard InChI is InChI=1S/C25H21ClFN3O4/c1-14-18(9-10-33-14)24(32)29-17-6-3-5-16(11-17)25-30-22(15(2)34-25)13-28-23(31)12-19-20(26)7-4-8-21(19)27/h3-11H,12-13H2,1-2H3,(H,28,31)(H,29,32). The Kier molecular flexibility index (Phi) is 6.79. The molecule has 2 amide bonds. The lowest BCUT2D eigenvalue weighted by atomic mass is 10.1. The molecule has 0 saturated heterocycles. The van der Waals surface area contributed by atoms with Crippen molar-refractivity contribution in [3.63, 3.8) is 0 Å². The maximum Gasteiger partial charge on any atom is 0.259 e. The summed E-state index contributed by atoms with van der Waals surface area (Å²) in [6.45, 7) is 3.56. The Morgan fingerprint density at radius 3 is 2.62 bits per heavy atom. The first-order valence-electron chi connectivity index (χ1n) is 10.4. The number of anilines is 1. The van der Waals surface area contributed by atoms with Crippen LogP contribution >= 0.6 is 11.6 Å². The number of nitrogens with zero attached hydrogens (tertiary/aromatic N) is 1. The molecule has 0 radical (unpaired) electrons. The van der Waals surface area contributed by atoms with E-state index in [0.29, 0.717) is 39.9 Å². The zero-order valence-electron chi connectivity index (χ0n) is 18.4. The minimum absolute atomic E-state index is 0.108. The number of carbonyl (C=O) groups is 2. The molecule has 4 rings (SSSR count). The topological polar surface area (TPSA) is 97.4 Å². The van der Waals surface area contributed by atoms with E-state index in [2.05, 4.69) is 15.6 Å². The van der Waals surface area contributed by atoms with Crippen LogP contribution < -0.4 is 10.6 Å². The second kappa shape index (κ2) is 9.93. The van der Waals surface area contributed by atoms with Gasteiger partial charge in [-0.05, 0) is 50.2 Å². The largest absolute Gasteiger partial charge is 0.469 e. The van der Waals surface area contributed by atoms with E-state index in [1.54, 1.807) is 44.2 Å². The molecule has 0 fully saturated rings. The monoisotopic (exact) mass is 481 g/mol. The number of hydrogen-bond donors (Lipinski definition) is 2. The van der Waals surface area contributed by atoms with Gasteiger partial charge in [0, 0.05) is 21.8 Å². The van der Waals surface area contributed by atoms with Crippen LogP contribution in [0.4, 0.5) is 10.1 Å². The van der Waals surface area contributed by atoms with Crippen molar-refractivity contribution in [1.82, 2.24) is 10.3 Å². The van der Waals surface area contributed by atoms with Crippen LogP contribution in [0, 0.1) is 19.7 Å². The third kappa shape index (κ3) is 5.18. The van der Waals surface area contributed by atoms with Crippen molar-refractivity contribution in [2.45, 2.75) is 26.8 Å². The van der Waals surface area contributed by atoms with E-state index in [0.717, 1.165) is 0 Å². The number of benzene rings is 2. The van der Waals surface area contributed by atoms with Crippen LogP contribution in [-0.2, 0) is 17.8 Å². The second-order valence-electron chi connectivity index (χ2n) is 7.60. The van der Waals surface area contributed by atoms with Gasteiger partial charge in [0.15, 0.2) is 0 Å². The van der Waals surface area contributed by atoms with Crippen molar-refractivity contribution in [3.8, 4) is 11.5 Å². The molecule has 0 aliphatic rings. The molecule has 2 N–H and O–H groups in total. The molecular formula is C25H21ClFN3O4. The van der Waals surface area contributed by atoms with Crippen LogP contribution in [0.5, 0.6) is 0 Å². The molecule has 0 atom stereocenters. The highest BCUT2D eigenvalue weighted by Gasteiger charge is 2.16. The summed E-state index contributed by atoms with van der Waals surface area (Å²) in [6.07, 6.45) is 1.27. The summed E-state index contributed by atoms with van der Waals surface area (Å²) in [5, 5.41) is 5.73. The van der Waals surface area contributed by atoms with E-state index in [9.17, 15) is 14.0 Å². The number of carbonyl (C=O) groups excluding carboxylic acids is 2. The molecular weight excluding hydrogens is 461 g/mol. The SMILES string of the molecule is Cc1occc1C(=O)Nc1cccc(-c2nc(CNC(=O)Cc3c(F)cccc3Cl)c(C)o2)c1. The number of furan rings is 1. The van der Waals surface area contributed by atoms with Gasteiger partial charge in [0.25, 0.3) is 5.91 Å². The summed E-state index contributed by atoms with van der Waals surface area (Å²) in [7, 11) is 0. The molecule has 4 aromatic rings. The highest BCUT2D eigenvalue weighted by molar-refractivity contribution is 6.31. The van der Waals surface area contributed by atoms with Crippen LogP contribution in [-0.4, -0.2) is 16.8 Å². The average molecular weight is 482 g/mol. The van der Waals surface area contributed by atoms with Gasteiger partial charge >= 0.3 is 0 Å². The van der Waals surface area contributed by atoms with Gasteiger partial charge in [-0.2, -0.15) is 0 Å². The molecule has 9 heteroatoms. The maximum atomic E-state index is 13.9. The molecule has 0 bridgehead atoms. The number of hydrogen-bond acceptors (Lipinski definition) is 5. The van der Waals surface area contributed by atoms with Crippen molar-refractivity contribution < 1.29 is 22.8 Å². The Balaban J connectivity index is 1.42. The van der Waals surface area contributed by atoms with Gasteiger partial charge in [-0.15, -0.1) is 0 Å². The fraction of sp³-hybridized carbons (Fsp3) is 0.160. The molecule has 2 aromatic heterocycles. The number of aromatic nitrogens is 1. The van der Waals surface area contributed by atoms with Gasteiger partial charge < -0.3 is 19.5 Å². The third-order valence-electron chi connectivity index (χ3n) is 5.22. The number of aryl methyl sites for hydroxylation is 2. The van der Waals surface area contributed by atoms with Crippen molar-refractivity contribution >= 4 is 29.1 Å². The Morgan fingerprint density at radius 1 is 1.09 bits per heavy atom. The number of oxazole rings is 1. The third-order valence-corrected chi connectivity index (χ3v) is 5.57. The Labute approximate surface area is 199 Å². The van der Waals surface area contributed by atoms with E-state index in [1.807, 2.05) is 0 Å². The lowest BCUT2D eigenvalue weighted by molar-refractivity contribution is -0.120. The van der Waals surface area contributed by atoms with Gasteiger partial charge in [-0.3, -0.25) is 9.59 Å². The van der Waals surface area contributed by atoms with Crippen LogP contribution in [0.2, 0.25) is 5.02 Å². The first kappa shape index (κ1) is 23.3. The normalized spacial score (nSPS) is 10.8. The lowest BCUT2D eigenvalue weighted by Crippen LogP contribution is -2.25. The van der Waals surface area contributed by atoms with Crippen LogP contribution in [0.25, 0.3) is 11.5 Å². The molecule has 174 valence electrons. The van der Waals surface area contributed by atoms with Crippen molar-refractivity contribution in [2.75, 3.05) is 5.32 Å². The molecule has 2 heterocycles. The first-order chi connectivity index (χ1) is 16.3. The predicted octanol–water partition coefficient (Wildman–Crippen LogP) is 5.46. The van der Waals surface area contributed by atoms with Gasteiger partial charge in [-0.1, -0.05) is 23.7 Å². The predicted molar refractivity (Wildman–Crippen MR) is 125 cm³/mol. The summed E-state index contributed by atoms with van der Waals surface area (Å²) in [5.74, 6) is 0.191. The summed E-state index contributed by atoms with van der Waals surface area (Å²) < 4.78 is 24.9. The minimum Gasteiger partial charge on any atom is -0.469 e. The molecule has 0 spiro atoms. The van der Waals surface area contributed by atoms with Crippen molar-refractivity contribution in [1.29, 1.82) is 0 Å². The molecule has 34 heavy (non-hydrogen) atoms. The lowest BCUT2D eigenvalue weighted by Gasteiger charge is -2.06. The van der Waals surface area contributed by atoms with E-state index < -0.39 is 11.7 Å². The summed E-state index contributed by atoms with van der Waals surface area (Å²) in [5.41, 5.74) is 2.35. The minimum atomic E-state index is -0.530. The highest BCUT2D eigenvalue weighted by Crippen LogP contribution is 2.25. The van der Waals surface area contributed by atoms with Crippen LogP contribution in [0.3, 0.4) is 0 Å². The zero-order valence-corrected chi connectivity index (χ0v) is 19.2. The second-order valence-corrected chi connectivity index (χ2v) is 8.01. The highest BCUT2D eigenvalue weighted by atomic mass is 35.5. The number of halogens is 2. The molecule has 2 aromatic carbocycles. The Hall–Kier alpha value is -3.91. The fourth-order valence-electron chi connectivity index (χ4n) is 3.37. The van der Waals surface area contributed by atoms with Gasteiger partial charge in [0.1, 0.15) is 23.0 Å². The fourth-order valence-corrected chi connectivity index (χ4v) is 3.60. The Morgan fingerprint density at radius 2 is 1.88 bits per heavy atom. The van der Waals surface area contributed by atoms with Crippen LogP contribution in [0.15, 0.2) is 63.6 Å². The summed E-state index contributed by atoms with van der Waals surface area (Å²) in [6, 6.07) is 12.9. The molecule has 0 aliphatic heterocycles. The molecule has 0 aliphatic carbocycles. The van der Waals surface area contributed by atoms with Gasteiger partial charge in [0.05, 0.1) is 24.8 Å². The van der Waals surface area contributed by atoms with E-state index in [-0.39, 0.29) is 29.5 Å². The molecule has 7 nitrogen and oxygen atoms in total. The molecule has 0 saturated carbocycles. The van der Waals surface area contributed by atoms with Crippen molar-refractivity contribution in [3.05, 3.63) is 94.0 Å². The number of nitrogens with one attached hydrogen (secondary N) is 2. The van der Waals surface area contributed by atoms with Crippen molar-refractivity contribution in [2.24, 2.45) is 0 Å². The smallest absolute Gasteiger partial charge is 0.259 e. The zero-order chi connectivity index (χ0) is 24.2. The summed E-state index contributed by atoms with van der Waals surface area (Å²) in [4.78, 5) is 29.2. The van der Waals surface area contributed by atoms with Gasteiger partial charge in [-0.25, -0.2) is 9.37 Å². The molecule has 0 unspecified atom stereocenters. The Bertz CT molecular complexity index is 1340. The average Bonchev–Trinajstić information content (AvgIpc) is 3.40. The quantitative estimate of drug-likeness (QED) is 0.365. The van der Waals surface area contributed by atoms with Crippen LogP contribution in [0.1, 0.15) is 33.1 Å². The van der Waals surface area contributed by atoms with E-state index in [4.69, 9.17) is 20.4 Å². The van der Waals surface area contributed by atoms with E-state index >= 15 is 0 Å². The van der Waals surface area contributed by atoms with E-state index in [1.165, 1.54) is 24.5 Å². The summed E-state index contributed by atoms with van der Waals surface area (Å²) >= 11 is 5.99. The first-order valence-corrected chi connectivity index (χ1v) is 10.8. The maximum absolute atomic E-state index is 13.9. The number of amides is 2. The van der Waals surface area contributed by atoms with Gasteiger partial charge in [0.2, 0.25) is 11.8 Å². The number of rotatable bonds is 7.